The Hall–Kier alpha value is -1.61. The normalized spacial score (nSPS) is 12.5. The van der Waals surface area contributed by atoms with Gasteiger partial charge in [-0.15, -0.1) is 0 Å². The van der Waals surface area contributed by atoms with E-state index in [4.69, 9.17) is 0 Å². The molecule has 2 rings (SSSR count). The molecule has 3 nitrogen and oxygen atoms in total. The van der Waals surface area contributed by atoms with Gasteiger partial charge >= 0.3 is 0 Å². The zero-order chi connectivity index (χ0) is 13.3. The third kappa shape index (κ3) is 4.52. The van der Waals surface area contributed by atoms with E-state index in [0.29, 0.717) is 6.04 Å². The summed E-state index contributed by atoms with van der Waals surface area (Å²) < 4.78 is 2.13. The van der Waals surface area contributed by atoms with Crippen LogP contribution in [-0.2, 0) is 6.54 Å². The molecule has 0 aliphatic rings. The molecule has 1 heterocycles. The van der Waals surface area contributed by atoms with Crippen molar-refractivity contribution in [2.75, 3.05) is 6.54 Å². The van der Waals surface area contributed by atoms with E-state index < -0.39 is 0 Å². The summed E-state index contributed by atoms with van der Waals surface area (Å²) in [7, 11) is 0. The van der Waals surface area contributed by atoms with Gasteiger partial charge in [-0.1, -0.05) is 37.3 Å². The summed E-state index contributed by atoms with van der Waals surface area (Å²) in [6.45, 7) is 4.36. The maximum atomic E-state index is 4.05. The van der Waals surface area contributed by atoms with Crippen LogP contribution in [0.1, 0.15) is 37.8 Å². The molecule has 0 aliphatic carbocycles. The van der Waals surface area contributed by atoms with Gasteiger partial charge in [0.2, 0.25) is 0 Å². The highest BCUT2D eigenvalue weighted by molar-refractivity contribution is 5.18. The lowest BCUT2D eigenvalue weighted by Gasteiger charge is -2.17. The number of aryl methyl sites for hydroxylation is 1. The smallest absolute Gasteiger partial charge is 0.0945 e. The van der Waals surface area contributed by atoms with Crippen molar-refractivity contribution in [3.63, 3.8) is 0 Å². The molecule has 19 heavy (non-hydrogen) atoms. The first kappa shape index (κ1) is 13.8. The van der Waals surface area contributed by atoms with Gasteiger partial charge in [0.05, 0.1) is 6.33 Å². The minimum absolute atomic E-state index is 0.481. The largest absolute Gasteiger partial charge is 0.337 e. The molecule has 1 N–H and O–H groups in total. The molecular formula is C16H23N3. The summed E-state index contributed by atoms with van der Waals surface area (Å²) >= 11 is 0. The van der Waals surface area contributed by atoms with E-state index in [0.717, 1.165) is 19.5 Å². The minimum Gasteiger partial charge on any atom is -0.337 e. The van der Waals surface area contributed by atoms with Crippen LogP contribution in [0.3, 0.4) is 0 Å². The average Bonchev–Trinajstić information content (AvgIpc) is 2.97. The number of imidazole rings is 1. The molecule has 0 fully saturated rings. The molecule has 1 atom stereocenters. The molecule has 102 valence electrons. The Morgan fingerprint density at radius 3 is 2.74 bits per heavy atom. The zero-order valence-corrected chi connectivity index (χ0v) is 11.6. The van der Waals surface area contributed by atoms with E-state index in [1.807, 2.05) is 18.7 Å². The summed E-state index contributed by atoms with van der Waals surface area (Å²) in [5, 5.41) is 3.64. The summed E-state index contributed by atoms with van der Waals surface area (Å²) in [5.41, 5.74) is 1.39. The second kappa shape index (κ2) is 7.74. The van der Waals surface area contributed by atoms with Crippen LogP contribution in [0.15, 0.2) is 49.1 Å². The van der Waals surface area contributed by atoms with Crippen LogP contribution in [-0.4, -0.2) is 16.1 Å². The Labute approximate surface area is 115 Å². The first-order chi connectivity index (χ1) is 9.40. The number of aromatic nitrogens is 2. The Bertz CT molecular complexity index is 436. The Morgan fingerprint density at radius 1 is 1.21 bits per heavy atom. The van der Waals surface area contributed by atoms with Gasteiger partial charge in [-0.05, 0) is 31.4 Å². The molecule has 2 aromatic rings. The van der Waals surface area contributed by atoms with Crippen molar-refractivity contribution < 1.29 is 0 Å². The SMILES string of the molecule is CCC(NCCCCn1ccnc1)c1ccccc1. The second-order valence-corrected chi connectivity index (χ2v) is 4.83. The van der Waals surface area contributed by atoms with Gasteiger partial charge < -0.3 is 9.88 Å². The van der Waals surface area contributed by atoms with Crippen LogP contribution < -0.4 is 5.32 Å². The zero-order valence-electron chi connectivity index (χ0n) is 11.6. The number of rotatable bonds is 8. The highest BCUT2D eigenvalue weighted by Crippen LogP contribution is 2.15. The summed E-state index contributed by atoms with van der Waals surface area (Å²) in [6, 6.07) is 11.2. The van der Waals surface area contributed by atoms with Crippen LogP contribution in [0.25, 0.3) is 0 Å². The quantitative estimate of drug-likeness (QED) is 0.734. The number of benzene rings is 1. The Balaban J connectivity index is 1.66. The Kier molecular flexibility index (Phi) is 5.63. The molecule has 1 unspecified atom stereocenters. The van der Waals surface area contributed by atoms with Crippen molar-refractivity contribution in [2.45, 2.75) is 38.8 Å². The van der Waals surface area contributed by atoms with Crippen LogP contribution in [0.4, 0.5) is 0 Å². The van der Waals surface area contributed by atoms with E-state index >= 15 is 0 Å². The molecule has 0 aliphatic heterocycles. The summed E-state index contributed by atoms with van der Waals surface area (Å²) in [4.78, 5) is 4.05. The molecule has 0 saturated heterocycles. The lowest BCUT2D eigenvalue weighted by Crippen LogP contribution is -2.22. The standard InChI is InChI=1S/C16H23N3/c1-2-16(15-8-4-3-5-9-15)18-10-6-7-12-19-13-11-17-14-19/h3-5,8-9,11,13-14,16,18H,2,6-7,10,12H2,1H3. The average molecular weight is 257 g/mol. The van der Waals surface area contributed by atoms with Crippen molar-refractivity contribution >= 4 is 0 Å². The van der Waals surface area contributed by atoms with Gasteiger partial charge in [-0.2, -0.15) is 0 Å². The number of hydrogen-bond donors (Lipinski definition) is 1. The van der Waals surface area contributed by atoms with E-state index in [2.05, 4.69) is 52.1 Å². The fraction of sp³-hybridized carbons (Fsp3) is 0.438. The van der Waals surface area contributed by atoms with Crippen LogP contribution in [0.2, 0.25) is 0 Å². The highest BCUT2D eigenvalue weighted by Gasteiger charge is 2.06. The van der Waals surface area contributed by atoms with Crippen molar-refractivity contribution in [2.24, 2.45) is 0 Å². The lowest BCUT2D eigenvalue weighted by atomic mass is 10.0. The van der Waals surface area contributed by atoms with Crippen molar-refractivity contribution in [3.8, 4) is 0 Å². The van der Waals surface area contributed by atoms with Crippen molar-refractivity contribution in [1.29, 1.82) is 0 Å². The lowest BCUT2D eigenvalue weighted by molar-refractivity contribution is 0.490. The van der Waals surface area contributed by atoms with Crippen molar-refractivity contribution in [3.05, 3.63) is 54.6 Å². The third-order valence-corrected chi connectivity index (χ3v) is 3.40. The Morgan fingerprint density at radius 2 is 2.05 bits per heavy atom. The molecule has 0 spiro atoms. The fourth-order valence-corrected chi connectivity index (χ4v) is 2.30. The molecule has 0 radical (unpaired) electrons. The van der Waals surface area contributed by atoms with Crippen molar-refractivity contribution in [1.82, 2.24) is 14.9 Å². The molecule has 1 aromatic heterocycles. The predicted molar refractivity (Wildman–Crippen MR) is 78.9 cm³/mol. The van der Waals surface area contributed by atoms with Gasteiger partial charge in [0, 0.05) is 25.0 Å². The highest BCUT2D eigenvalue weighted by atomic mass is 15.0. The second-order valence-electron chi connectivity index (χ2n) is 4.83. The first-order valence-electron chi connectivity index (χ1n) is 7.14. The number of hydrogen-bond acceptors (Lipinski definition) is 2. The predicted octanol–water partition coefficient (Wildman–Crippen LogP) is 3.40. The molecule has 1 aromatic carbocycles. The topological polar surface area (TPSA) is 29.9 Å². The van der Waals surface area contributed by atoms with Gasteiger partial charge in [0.25, 0.3) is 0 Å². The summed E-state index contributed by atoms with van der Waals surface area (Å²) in [5.74, 6) is 0. The fourth-order valence-electron chi connectivity index (χ4n) is 2.30. The third-order valence-electron chi connectivity index (χ3n) is 3.40. The summed E-state index contributed by atoms with van der Waals surface area (Å²) in [6.07, 6.45) is 9.25. The molecular weight excluding hydrogens is 234 g/mol. The van der Waals surface area contributed by atoms with E-state index in [-0.39, 0.29) is 0 Å². The van der Waals surface area contributed by atoms with E-state index in [1.54, 1.807) is 0 Å². The maximum Gasteiger partial charge on any atom is 0.0945 e. The van der Waals surface area contributed by atoms with E-state index in [9.17, 15) is 0 Å². The van der Waals surface area contributed by atoms with Crippen LogP contribution in [0.5, 0.6) is 0 Å². The molecule has 0 saturated carbocycles. The van der Waals surface area contributed by atoms with Crippen LogP contribution >= 0.6 is 0 Å². The maximum absolute atomic E-state index is 4.05. The molecule has 0 amide bonds. The van der Waals surface area contributed by atoms with Gasteiger partial charge in [0.1, 0.15) is 0 Å². The first-order valence-corrected chi connectivity index (χ1v) is 7.14. The van der Waals surface area contributed by atoms with Gasteiger partial charge in [-0.25, -0.2) is 4.98 Å². The minimum atomic E-state index is 0.481. The van der Waals surface area contributed by atoms with E-state index in [1.165, 1.54) is 18.4 Å². The number of unbranched alkanes of at least 4 members (excludes halogenated alkanes) is 1. The number of nitrogens with one attached hydrogen (secondary N) is 1. The van der Waals surface area contributed by atoms with Crippen LogP contribution in [0, 0.1) is 0 Å². The molecule has 3 heteroatoms. The van der Waals surface area contributed by atoms with Gasteiger partial charge in [-0.3, -0.25) is 0 Å². The monoisotopic (exact) mass is 257 g/mol. The molecule has 0 bridgehead atoms. The van der Waals surface area contributed by atoms with Gasteiger partial charge in [0.15, 0.2) is 0 Å². The number of nitrogens with zero attached hydrogens (tertiary/aromatic N) is 2.